The molecule has 21 heavy (non-hydrogen) atoms. The van der Waals surface area contributed by atoms with Crippen LogP contribution in [0.2, 0.25) is 0 Å². The maximum absolute atomic E-state index is 12.7. The van der Waals surface area contributed by atoms with Gasteiger partial charge in [0, 0.05) is 13.1 Å². The number of nitrogens with zero attached hydrogens (tertiary/aromatic N) is 1. The molecule has 0 saturated heterocycles. The lowest BCUT2D eigenvalue weighted by atomic mass is 10.1. The number of hydrogen-bond donors (Lipinski definition) is 1. The second-order valence-electron chi connectivity index (χ2n) is 5.42. The fraction of sp³-hybridized carbons (Fsp3) is 0.400. The quantitative estimate of drug-likeness (QED) is 0.870. The van der Waals surface area contributed by atoms with Gasteiger partial charge in [-0.15, -0.1) is 0 Å². The van der Waals surface area contributed by atoms with Crippen LogP contribution in [0.4, 0.5) is 0 Å². The molecule has 114 valence electrons. The number of rotatable bonds is 3. The van der Waals surface area contributed by atoms with Crippen molar-refractivity contribution in [1.82, 2.24) is 4.31 Å². The van der Waals surface area contributed by atoms with E-state index in [9.17, 15) is 18.3 Å². The van der Waals surface area contributed by atoms with Gasteiger partial charge in [0.25, 0.3) is 0 Å². The van der Waals surface area contributed by atoms with Gasteiger partial charge in [0.15, 0.2) is 0 Å². The zero-order valence-electron chi connectivity index (χ0n) is 12.4. The monoisotopic (exact) mass is 309 g/mol. The molecule has 0 fully saturated rings. The van der Waals surface area contributed by atoms with Crippen molar-refractivity contribution in [3.05, 3.63) is 40.5 Å². The van der Waals surface area contributed by atoms with E-state index in [1.54, 1.807) is 19.9 Å². The molecule has 0 spiro atoms. The second-order valence-corrected chi connectivity index (χ2v) is 7.32. The zero-order chi connectivity index (χ0) is 15.8. The molecule has 0 saturated carbocycles. The minimum atomic E-state index is -3.67. The van der Waals surface area contributed by atoms with E-state index in [2.05, 4.69) is 0 Å². The molecule has 0 aromatic heterocycles. The maximum atomic E-state index is 12.7. The fourth-order valence-corrected chi connectivity index (χ4v) is 4.29. The van der Waals surface area contributed by atoms with Crippen molar-refractivity contribution < 1.29 is 18.3 Å². The minimum absolute atomic E-state index is 0.0310. The third-order valence-corrected chi connectivity index (χ3v) is 5.65. The molecular formula is C15H19NO4S. The summed E-state index contributed by atoms with van der Waals surface area (Å²) in [4.78, 5) is 11.3. The van der Waals surface area contributed by atoms with E-state index in [0.29, 0.717) is 30.6 Å². The van der Waals surface area contributed by atoms with E-state index in [1.165, 1.54) is 10.4 Å². The maximum Gasteiger partial charge on any atom is 0.335 e. The van der Waals surface area contributed by atoms with Crippen LogP contribution in [0.3, 0.4) is 0 Å². The molecule has 1 aliphatic heterocycles. The number of carboxylic acid groups (broad SMARTS) is 1. The summed E-state index contributed by atoms with van der Waals surface area (Å²) >= 11 is 0. The van der Waals surface area contributed by atoms with Gasteiger partial charge in [-0.25, -0.2) is 13.2 Å². The number of benzene rings is 1. The summed E-state index contributed by atoms with van der Waals surface area (Å²) < 4.78 is 26.9. The number of hydrogen-bond acceptors (Lipinski definition) is 3. The van der Waals surface area contributed by atoms with Crippen LogP contribution in [0, 0.1) is 13.8 Å². The lowest BCUT2D eigenvalue weighted by Gasteiger charge is -2.26. The highest BCUT2D eigenvalue weighted by Gasteiger charge is 2.28. The largest absolute Gasteiger partial charge is 0.478 e. The summed E-state index contributed by atoms with van der Waals surface area (Å²) in [7, 11) is -3.67. The predicted molar refractivity (Wildman–Crippen MR) is 80.0 cm³/mol. The van der Waals surface area contributed by atoms with Crippen molar-refractivity contribution in [2.45, 2.75) is 32.1 Å². The van der Waals surface area contributed by atoms with Gasteiger partial charge in [0.2, 0.25) is 10.0 Å². The van der Waals surface area contributed by atoms with Crippen molar-refractivity contribution in [2.24, 2.45) is 0 Å². The zero-order valence-corrected chi connectivity index (χ0v) is 13.2. The molecule has 0 atom stereocenters. The first kappa shape index (κ1) is 15.7. The first-order valence-electron chi connectivity index (χ1n) is 6.74. The van der Waals surface area contributed by atoms with Gasteiger partial charge >= 0.3 is 5.97 Å². The number of sulfonamides is 1. The number of carboxylic acids is 1. The molecule has 0 bridgehead atoms. The van der Waals surface area contributed by atoms with Crippen LogP contribution in [0.1, 0.15) is 34.8 Å². The van der Waals surface area contributed by atoms with Crippen LogP contribution in [-0.4, -0.2) is 36.9 Å². The molecule has 6 heteroatoms. The highest BCUT2D eigenvalue weighted by atomic mass is 32.2. The van der Waals surface area contributed by atoms with Crippen molar-refractivity contribution in [2.75, 3.05) is 13.1 Å². The Morgan fingerprint density at radius 2 is 1.86 bits per heavy atom. The molecule has 1 aromatic rings. The summed E-state index contributed by atoms with van der Waals surface area (Å²) in [6.45, 7) is 6.04. The van der Waals surface area contributed by atoms with Crippen LogP contribution in [0.5, 0.6) is 0 Å². The lowest BCUT2D eigenvalue weighted by molar-refractivity contribution is 0.0696. The number of aryl methyl sites for hydroxylation is 2. The molecular weight excluding hydrogens is 290 g/mol. The normalized spacial score (nSPS) is 16.6. The van der Waals surface area contributed by atoms with Gasteiger partial charge in [-0.3, -0.25) is 0 Å². The number of carbonyl (C=O) groups is 1. The van der Waals surface area contributed by atoms with Crippen LogP contribution >= 0.6 is 0 Å². The molecule has 0 unspecified atom stereocenters. The van der Waals surface area contributed by atoms with Crippen LogP contribution < -0.4 is 0 Å². The van der Waals surface area contributed by atoms with Crippen molar-refractivity contribution in [1.29, 1.82) is 0 Å². The summed E-state index contributed by atoms with van der Waals surface area (Å²) in [6.07, 6.45) is 2.71. The van der Waals surface area contributed by atoms with Crippen LogP contribution in [0.25, 0.3) is 0 Å². The van der Waals surface area contributed by atoms with E-state index in [0.717, 1.165) is 5.57 Å². The molecule has 0 amide bonds. The summed E-state index contributed by atoms with van der Waals surface area (Å²) in [5.74, 6) is -1.11. The topological polar surface area (TPSA) is 74.7 Å². The van der Waals surface area contributed by atoms with Gasteiger partial charge in [-0.05, 0) is 44.4 Å². The Labute approximate surface area is 124 Å². The van der Waals surface area contributed by atoms with Gasteiger partial charge in [0.1, 0.15) is 0 Å². The Morgan fingerprint density at radius 3 is 2.43 bits per heavy atom. The fourth-order valence-electron chi connectivity index (χ4n) is 2.56. The van der Waals surface area contributed by atoms with Crippen molar-refractivity contribution in [3.8, 4) is 0 Å². The Bertz CT molecular complexity index is 719. The van der Waals surface area contributed by atoms with E-state index in [4.69, 9.17) is 0 Å². The SMILES string of the molecule is CC1=CCCN(S(=O)(=O)c2cc(C(=O)O)c(C)cc2C)C1. The van der Waals surface area contributed by atoms with Gasteiger partial charge in [0.05, 0.1) is 10.5 Å². The Hall–Kier alpha value is -1.66. The third-order valence-electron chi connectivity index (χ3n) is 3.67. The summed E-state index contributed by atoms with van der Waals surface area (Å²) in [6, 6.07) is 2.89. The molecule has 1 heterocycles. The number of aromatic carboxylic acids is 1. The van der Waals surface area contributed by atoms with E-state index in [1.807, 2.05) is 13.0 Å². The van der Waals surface area contributed by atoms with Crippen LogP contribution in [0.15, 0.2) is 28.7 Å². The average Bonchev–Trinajstić information content (AvgIpc) is 2.37. The van der Waals surface area contributed by atoms with Gasteiger partial charge in [-0.1, -0.05) is 17.7 Å². The standard InChI is InChI=1S/C15H19NO4S/c1-10-5-4-6-16(9-10)21(19,20)14-8-13(15(17)18)11(2)7-12(14)3/h5,7-8H,4,6,9H2,1-3H3,(H,17,18). The Balaban J connectivity index is 2.52. The molecule has 1 N–H and O–H groups in total. The van der Waals surface area contributed by atoms with E-state index >= 15 is 0 Å². The van der Waals surface area contributed by atoms with Gasteiger partial charge in [-0.2, -0.15) is 4.31 Å². The van der Waals surface area contributed by atoms with Crippen molar-refractivity contribution in [3.63, 3.8) is 0 Å². The van der Waals surface area contributed by atoms with Crippen molar-refractivity contribution >= 4 is 16.0 Å². The lowest BCUT2D eigenvalue weighted by Crippen LogP contribution is -2.35. The molecule has 2 rings (SSSR count). The van der Waals surface area contributed by atoms with Gasteiger partial charge < -0.3 is 5.11 Å². The average molecular weight is 309 g/mol. The minimum Gasteiger partial charge on any atom is -0.478 e. The first-order valence-corrected chi connectivity index (χ1v) is 8.18. The Kier molecular flexibility index (Phi) is 4.20. The molecule has 1 aliphatic rings. The first-order chi connectivity index (χ1) is 9.73. The third kappa shape index (κ3) is 3.01. The molecule has 0 aliphatic carbocycles. The molecule has 5 nitrogen and oxygen atoms in total. The Morgan fingerprint density at radius 1 is 1.19 bits per heavy atom. The van der Waals surface area contributed by atoms with Crippen LogP contribution in [-0.2, 0) is 10.0 Å². The van der Waals surface area contributed by atoms with E-state index < -0.39 is 16.0 Å². The molecule has 1 aromatic carbocycles. The predicted octanol–water partition coefficient (Wildman–Crippen LogP) is 2.34. The highest BCUT2D eigenvalue weighted by Crippen LogP contribution is 2.26. The summed E-state index contributed by atoms with van der Waals surface area (Å²) in [5, 5.41) is 9.18. The highest BCUT2D eigenvalue weighted by molar-refractivity contribution is 7.89. The smallest absolute Gasteiger partial charge is 0.335 e. The molecule has 0 radical (unpaired) electrons. The summed E-state index contributed by atoms with van der Waals surface area (Å²) in [5.41, 5.74) is 2.18. The van der Waals surface area contributed by atoms with E-state index in [-0.39, 0.29) is 10.5 Å². The second kappa shape index (κ2) is 5.61.